The summed E-state index contributed by atoms with van der Waals surface area (Å²) in [7, 11) is 0. The molecule has 3 atom stereocenters. The number of fused-ring (bicyclic) bond motifs is 2. The molecule has 3 unspecified atom stereocenters. The Hall–Kier alpha value is -1.69. The summed E-state index contributed by atoms with van der Waals surface area (Å²) in [4.78, 5) is 37.8. The SMILES string of the molecule is CC(=O)c1c[nH]c(=O)n(C2CC3CCC2O3)c1=O. The summed E-state index contributed by atoms with van der Waals surface area (Å²) >= 11 is 0. The van der Waals surface area contributed by atoms with Crippen LogP contribution in [0.3, 0.4) is 0 Å². The summed E-state index contributed by atoms with van der Waals surface area (Å²) in [5, 5.41) is 0. The van der Waals surface area contributed by atoms with Gasteiger partial charge in [-0.25, -0.2) is 4.79 Å². The maximum atomic E-state index is 12.2. The van der Waals surface area contributed by atoms with Gasteiger partial charge in [0.25, 0.3) is 5.56 Å². The number of H-pyrrole nitrogens is 1. The number of ether oxygens (including phenoxy) is 1. The fourth-order valence-electron chi connectivity index (χ4n) is 2.92. The van der Waals surface area contributed by atoms with E-state index in [-0.39, 0.29) is 29.6 Å². The maximum absolute atomic E-state index is 12.2. The average molecular weight is 250 g/mol. The van der Waals surface area contributed by atoms with Crippen LogP contribution in [0.25, 0.3) is 0 Å². The highest BCUT2D eigenvalue weighted by atomic mass is 16.5. The minimum Gasteiger partial charge on any atom is -0.373 e. The third-order valence-electron chi connectivity index (χ3n) is 3.79. The van der Waals surface area contributed by atoms with E-state index in [0.29, 0.717) is 6.42 Å². The van der Waals surface area contributed by atoms with Crippen molar-refractivity contribution >= 4 is 5.78 Å². The molecule has 2 saturated heterocycles. The van der Waals surface area contributed by atoms with Gasteiger partial charge in [-0.15, -0.1) is 0 Å². The van der Waals surface area contributed by atoms with Gasteiger partial charge >= 0.3 is 5.69 Å². The van der Waals surface area contributed by atoms with E-state index in [2.05, 4.69) is 4.98 Å². The second-order valence-electron chi connectivity index (χ2n) is 4.92. The molecule has 0 spiro atoms. The lowest BCUT2D eigenvalue weighted by molar-refractivity contribution is 0.0923. The molecule has 6 heteroatoms. The number of rotatable bonds is 2. The predicted octanol–water partition coefficient (Wildman–Crippen LogP) is 0.232. The summed E-state index contributed by atoms with van der Waals surface area (Å²) in [6.45, 7) is 1.32. The Morgan fingerprint density at radius 2 is 2.22 bits per heavy atom. The Bertz CT molecular complexity index is 615. The summed E-state index contributed by atoms with van der Waals surface area (Å²) in [5.74, 6) is -0.339. The lowest BCUT2D eigenvalue weighted by atomic mass is 9.95. The smallest absolute Gasteiger partial charge is 0.328 e. The molecule has 1 N–H and O–H groups in total. The molecule has 0 aromatic carbocycles. The van der Waals surface area contributed by atoms with Gasteiger partial charge in [-0.1, -0.05) is 0 Å². The Morgan fingerprint density at radius 1 is 1.44 bits per heavy atom. The van der Waals surface area contributed by atoms with Crippen LogP contribution in [0.1, 0.15) is 42.6 Å². The van der Waals surface area contributed by atoms with Crippen molar-refractivity contribution < 1.29 is 9.53 Å². The van der Waals surface area contributed by atoms with Crippen LogP contribution in [-0.4, -0.2) is 27.5 Å². The van der Waals surface area contributed by atoms with E-state index in [1.807, 2.05) is 0 Å². The zero-order valence-corrected chi connectivity index (χ0v) is 10.0. The van der Waals surface area contributed by atoms with Crippen LogP contribution in [-0.2, 0) is 4.74 Å². The Kier molecular flexibility index (Phi) is 2.48. The zero-order valence-electron chi connectivity index (χ0n) is 10.0. The number of Topliss-reactive ketones (excluding diaryl/α,β-unsaturated/α-hetero) is 1. The molecule has 1 aromatic heterocycles. The highest BCUT2D eigenvalue weighted by Gasteiger charge is 2.43. The van der Waals surface area contributed by atoms with Crippen LogP contribution in [0.5, 0.6) is 0 Å². The molecule has 18 heavy (non-hydrogen) atoms. The van der Waals surface area contributed by atoms with Crippen LogP contribution in [0, 0.1) is 0 Å². The zero-order chi connectivity index (χ0) is 12.9. The minimum atomic E-state index is -0.507. The van der Waals surface area contributed by atoms with Gasteiger partial charge in [0, 0.05) is 6.20 Å². The number of ketones is 1. The number of hydrogen-bond donors (Lipinski definition) is 1. The monoisotopic (exact) mass is 250 g/mol. The molecule has 96 valence electrons. The standard InChI is InChI=1S/C12H14N2O4/c1-6(15)8-5-13-12(17)14(11(8)16)9-4-7-2-3-10(9)18-7/h5,7,9-10H,2-4H2,1H3,(H,13,17). The number of carbonyl (C=O) groups is 1. The van der Waals surface area contributed by atoms with E-state index >= 15 is 0 Å². The van der Waals surface area contributed by atoms with Crippen LogP contribution >= 0.6 is 0 Å². The van der Waals surface area contributed by atoms with Gasteiger partial charge in [-0.05, 0) is 26.2 Å². The normalized spacial score (nSPS) is 29.7. The third kappa shape index (κ3) is 1.56. The number of carbonyl (C=O) groups excluding carboxylic acids is 1. The van der Waals surface area contributed by atoms with Gasteiger partial charge in [0.15, 0.2) is 5.78 Å². The fraction of sp³-hybridized carbons (Fsp3) is 0.583. The molecule has 0 radical (unpaired) electrons. The summed E-state index contributed by atoms with van der Waals surface area (Å²) in [6.07, 6.45) is 3.79. The van der Waals surface area contributed by atoms with Crippen molar-refractivity contribution in [1.82, 2.24) is 9.55 Å². The average Bonchev–Trinajstić information content (AvgIpc) is 2.90. The van der Waals surface area contributed by atoms with Gasteiger partial charge in [-0.3, -0.25) is 14.2 Å². The summed E-state index contributed by atoms with van der Waals surface area (Å²) in [6, 6.07) is -0.237. The van der Waals surface area contributed by atoms with Gasteiger partial charge < -0.3 is 9.72 Å². The van der Waals surface area contributed by atoms with Gasteiger partial charge in [0.05, 0.1) is 23.8 Å². The van der Waals surface area contributed by atoms with Crippen molar-refractivity contribution in [3.63, 3.8) is 0 Å². The third-order valence-corrected chi connectivity index (χ3v) is 3.79. The van der Waals surface area contributed by atoms with E-state index in [4.69, 9.17) is 4.74 Å². The predicted molar refractivity (Wildman–Crippen MR) is 62.9 cm³/mol. The first kappa shape index (κ1) is 11.4. The molecule has 3 rings (SSSR count). The number of nitrogens with zero attached hydrogens (tertiary/aromatic N) is 1. The summed E-state index contributed by atoms with van der Waals surface area (Å²) in [5.41, 5.74) is -0.948. The van der Waals surface area contributed by atoms with Crippen molar-refractivity contribution in [1.29, 1.82) is 0 Å². The molecule has 2 aliphatic heterocycles. The highest BCUT2D eigenvalue weighted by Crippen LogP contribution is 2.40. The largest absolute Gasteiger partial charge is 0.373 e. The van der Waals surface area contributed by atoms with Crippen molar-refractivity contribution in [2.45, 2.75) is 44.4 Å². The molecule has 3 heterocycles. The van der Waals surface area contributed by atoms with E-state index in [1.54, 1.807) is 0 Å². The fourth-order valence-corrected chi connectivity index (χ4v) is 2.92. The molecule has 1 aromatic rings. The van der Waals surface area contributed by atoms with Crippen LogP contribution in [0.4, 0.5) is 0 Å². The van der Waals surface area contributed by atoms with Crippen LogP contribution in [0.2, 0.25) is 0 Å². The molecular weight excluding hydrogens is 236 g/mol. The van der Waals surface area contributed by atoms with Gasteiger partial charge in [0.2, 0.25) is 0 Å². The second kappa shape index (κ2) is 3.91. The highest BCUT2D eigenvalue weighted by molar-refractivity contribution is 5.93. The first-order chi connectivity index (χ1) is 8.58. The first-order valence-electron chi connectivity index (χ1n) is 6.08. The molecule has 2 aliphatic rings. The molecule has 0 aliphatic carbocycles. The molecule has 0 saturated carbocycles. The first-order valence-corrected chi connectivity index (χ1v) is 6.08. The quantitative estimate of drug-likeness (QED) is 0.762. The topological polar surface area (TPSA) is 81.2 Å². The van der Waals surface area contributed by atoms with E-state index in [1.165, 1.54) is 13.1 Å². The van der Waals surface area contributed by atoms with Crippen molar-refractivity contribution in [3.8, 4) is 0 Å². The molecule has 6 nitrogen and oxygen atoms in total. The minimum absolute atomic E-state index is 0.0253. The van der Waals surface area contributed by atoms with Crippen LogP contribution < -0.4 is 11.2 Å². The molecule has 2 fully saturated rings. The van der Waals surface area contributed by atoms with Crippen LogP contribution in [0.15, 0.2) is 15.8 Å². The Balaban J connectivity index is 2.12. The van der Waals surface area contributed by atoms with E-state index in [9.17, 15) is 14.4 Å². The van der Waals surface area contributed by atoms with Crippen molar-refractivity contribution in [2.24, 2.45) is 0 Å². The molecule has 2 bridgehead atoms. The number of nitrogens with one attached hydrogen (secondary N) is 1. The number of aromatic amines is 1. The van der Waals surface area contributed by atoms with Crippen molar-refractivity contribution in [2.75, 3.05) is 0 Å². The number of aromatic nitrogens is 2. The number of hydrogen-bond acceptors (Lipinski definition) is 4. The van der Waals surface area contributed by atoms with Crippen molar-refractivity contribution in [3.05, 3.63) is 32.6 Å². The lowest BCUT2D eigenvalue weighted by Gasteiger charge is -2.20. The summed E-state index contributed by atoms with van der Waals surface area (Å²) < 4.78 is 6.81. The van der Waals surface area contributed by atoms with E-state index in [0.717, 1.165) is 17.4 Å². The maximum Gasteiger partial charge on any atom is 0.328 e. The van der Waals surface area contributed by atoms with Gasteiger partial charge in [0.1, 0.15) is 0 Å². The van der Waals surface area contributed by atoms with Gasteiger partial charge in [-0.2, -0.15) is 0 Å². The molecular formula is C12H14N2O4. The second-order valence-corrected chi connectivity index (χ2v) is 4.92. The molecule has 0 amide bonds. The Morgan fingerprint density at radius 3 is 2.78 bits per heavy atom. The lowest BCUT2D eigenvalue weighted by Crippen LogP contribution is -2.43. The van der Waals surface area contributed by atoms with E-state index < -0.39 is 11.2 Å². The Labute approximate surface area is 103 Å².